The number of para-hydroxylation sites is 1. The summed E-state index contributed by atoms with van der Waals surface area (Å²) in [6.45, 7) is 2.23. The van der Waals surface area contributed by atoms with Crippen molar-refractivity contribution in [3.05, 3.63) is 58.6 Å². The van der Waals surface area contributed by atoms with E-state index in [0.717, 1.165) is 12.1 Å². The summed E-state index contributed by atoms with van der Waals surface area (Å²) in [5.74, 6) is 1.10. The Kier molecular flexibility index (Phi) is 4.04. The van der Waals surface area contributed by atoms with Crippen LogP contribution in [0.5, 0.6) is 11.5 Å². The molecular weight excluding hydrogens is 328 g/mol. The highest BCUT2D eigenvalue weighted by Gasteiger charge is 2.32. The first-order valence-corrected chi connectivity index (χ1v) is 8.27. The van der Waals surface area contributed by atoms with Crippen LogP contribution in [0.4, 0.5) is 0 Å². The lowest BCUT2D eigenvalue weighted by Crippen LogP contribution is -2.48. The topological polar surface area (TPSA) is 50.8 Å². The van der Waals surface area contributed by atoms with Crippen LogP contribution in [0, 0.1) is 0 Å². The predicted molar refractivity (Wildman–Crippen MR) is 90.7 cm³/mol. The molecule has 5 nitrogen and oxygen atoms in total. The van der Waals surface area contributed by atoms with Crippen LogP contribution in [-0.4, -0.2) is 37.2 Å². The molecule has 0 spiro atoms. The van der Waals surface area contributed by atoms with Crippen LogP contribution in [0.2, 0.25) is 5.02 Å². The molecular formula is C18H17ClN2O3. The highest BCUT2D eigenvalue weighted by atomic mass is 35.5. The molecule has 2 aliphatic heterocycles. The van der Waals surface area contributed by atoms with E-state index in [1.165, 1.54) is 0 Å². The van der Waals surface area contributed by atoms with Crippen LogP contribution in [0.15, 0.2) is 42.5 Å². The average Bonchev–Trinajstić information content (AvgIpc) is 3.10. The van der Waals surface area contributed by atoms with Gasteiger partial charge in [-0.2, -0.15) is 0 Å². The second kappa shape index (κ2) is 6.34. The number of amides is 1. The number of hydrogen-bond donors (Lipinski definition) is 1. The van der Waals surface area contributed by atoms with Gasteiger partial charge in [0.25, 0.3) is 5.91 Å². The molecule has 2 heterocycles. The van der Waals surface area contributed by atoms with Gasteiger partial charge in [-0.3, -0.25) is 4.79 Å². The number of carbonyl (C=O) groups excluding carboxylic acids is 1. The van der Waals surface area contributed by atoms with Crippen LogP contribution in [0.1, 0.15) is 22.0 Å². The zero-order valence-electron chi connectivity index (χ0n) is 13.0. The van der Waals surface area contributed by atoms with Crippen molar-refractivity contribution in [1.82, 2.24) is 10.2 Å². The fourth-order valence-electron chi connectivity index (χ4n) is 3.21. The molecule has 0 bridgehead atoms. The number of rotatable bonds is 2. The van der Waals surface area contributed by atoms with E-state index in [-0.39, 0.29) is 18.7 Å². The van der Waals surface area contributed by atoms with E-state index in [9.17, 15) is 4.79 Å². The number of ether oxygens (including phenoxy) is 2. The van der Waals surface area contributed by atoms with E-state index in [1.54, 1.807) is 6.07 Å². The molecule has 0 aliphatic carbocycles. The minimum atomic E-state index is -0.0665. The largest absolute Gasteiger partial charge is 0.454 e. The number of carbonyl (C=O) groups is 1. The minimum Gasteiger partial charge on any atom is -0.454 e. The average molecular weight is 345 g/mol. The number of nitrogens with one attached hydrogen (secondary N) is 1. The summed E-state index contributed by atoms with van der Waals surface area (Å²) in [5, 5.41) is 4.02. The number of nitrogens with zero attached hydrogens (tertiary/aromatic N) is 1. The quantitative estimate of drug-likeness (QED) is 0.910. The molecule has 24 heavy (non-hydrogen) atoms. The lowest BCUT2D eigenvalue weighted by atomic mass is 10.0. The number of piperazine rings is 1. The molecule has 0 radical (unpaired) electrons. The third-order valence-electron chi connectivity index (χ3n) is 4.36. The van der Waals surface area contributed by atoms with Gasteiger partial charge in [0.05, 0.1) is 11.6 Å². The lowest BCUT2D eigenvalue weighted by Gasteiger charge is -2.36. The summed E-state index contributed by atoms with van der Waals surface area (Å²) in [4.78, 5) is 15.0. The fourth-order valence-corrected chi connectivity index (χ4v) is 3.41. The maximum absolute atomic E-state index is 13.2. The van der Waals surface area contributed by atoms with E-state index in [4.69, 9.17) is 21.1 Å². The maximum atomic E-state index is 13.2. The zero-order chi connectivity index (χ0) is 16.5. The Balaban J connectivity index is 1.68. The molecule has 1 amide bonds. The van der Waals surface area contributed by atoms with Crippen molar-refractivity contribution in [2.45, 2.75) is 6.04 Å². The summed E-state index contributed by atoms with van der Waals surface area (Å²) >= 11 is 6.12. The summed E-state index contributed by atoms with van der Waals surface area (Å²) in [6, 6.07) is 13.0. The van der Waals surface area contributed by atoms with E-state index in [1.807, 2.05) is 41.3 Å². The third kappa shape index (κ3) is 2.70. The van der Waals surface area contributed by atoms with Crippen LogP contribution in [0.3, 0.4) is 0 Å². The SMILES string of the molecule is O=C(c1cccc2c1OCO2)N1CCNCC1c1cccc(Cl)c1. The molecule has 0 saturated carbocycles. The Hall–Kier alpha value is -2.24. The Morgan fingerprint density at radius 2 is 2.08 bits per heavy atom. The third-order valence-corrected chi connectivity index (χ3v) is 4.60. The van der Waals surface area contributed by atoms with Crippen LogP contribution < -0.4 is 14.8 Å². The van der Waals surface area contributed by atoms with Crippen molar-refractivity contribution in [2.75, 3.05) is 26.4 Å². The summed E-state index contributed by atoms with van der Waals surface area (Å²) in [7, 11) is 0. The van der Waals surface area contributed by atoms with Gasteiger partial charge in [-0.1, -0.05) is 29.8 Å². The van der Waals surface area contributed by atoms with Crippen molar-refractivity contribution >= 4 is 17.5 Å². The monoisotopic (exact) mass is 344 g/mol. The van der Waals surface area contributed by atoms with Crippen LogP contribution in [0.25, 0.3) is 0 Å². The first-order valence-electron chi connectivity index (χ1n) is 7.90. The summed E-state index contributed by atoms with van der Waals surface area (Å²) in [5.41, 5.74) is 1.56. The van der Waals surface area contributed by atoms with Gasteiger partial charge in [0, 0.05) is 24.7 Å². The van der Waals surface area contributed by atoms with Crippen LogP contribution in [-0.2, 0) is 0 Å². The van der Waals surface area contributed by atoms with Gasteiger partial charge in [-0.05, 0) is 29.8 Å². The van der Waals surface area contributed by atoms with Gasteiger partial charge in [0.15, 0.2) is 11.5 Å². The van der Waals surface area contributed by atoms with Gasteiger partial charge in [0.1, 0.15) is 0 Å². The van der Waals surface area contributed by atoms with Crippen molar-refractivity contribution in [1.29, 1.82) is 0 Å². The molecule has 1 atom stereocenters. The maximum Gasteiger partial charge on any atom is 0.258 e. The molecule has 2 aromatic rings. The molecule has 1 N–H and O–H groups in total. The fraction of sp³-hybridized carbons (Fsp3) is 0.278. The molecule has 6 heteroatoms. The minimum absolute atomic E-state index is 0.0520. The summed E-state index contributed by atoms with van der Waals surface area (Å²) in [6.07, 6.45) is 0. The van der Waals surface area contributed by atoms with Crippen LogP contribution >= 0.6 is 11.6 Å². The summed E-state index contributed by atoms with van der Waals surface area (Å²) < 4.78 is 10.9. The smallest absolute Gasteiger partial charge is 0.258 e. The second-order valence-corrected chi connectivity index (χ2v) is 6.25. The van der Waals surface area contributed by atoms with Crippen molar-refractivity contribution in [3.63, 3.8) is 0 Å². The molecule has 4 rings (SSSR count). The Morgan fingerprint density at radius 1 is 1.21 bits per heavy atom. The van der Waals surface area contributed by atoms with Crippen molar-refractivity contribution in [2.24, 2.45) is 0 Å². The molecule has 1 unspecified atom stereocenters. The van der Waals surface area contributed by atoms with Crippen molar-refractivity contribution in [3.8, 4) is 11.5 Å². The number of benzene rings is 2. The van der Waals surface area contributed by atoms with E-state index in [2.05, 4.69) is 5.32 Å². The molecule has 124 valence electrons. The van der Waals surface area contributed by atoms with E-state index in [0.29, 0.717) is 35.2 Å². The van der Waals surface area contributed by atoms with Gasteiger partial charge in [0.2, 0.25) is 6.79 Å². The standard InChI is InChI=1S/C18H17ClN2O3/c19-13-4-1-3-12(9-13)15-10-20-7-8-21(15)18(22)14-5-2-6-16-17(14)24-11-23-16/h1-6,9,15,20H,7-8,10-11H2. The second-order valence-electron chi connectivity index (χ2n) is 5.81. The van der Waals surface area contributed by atoms with Gasteiger partial charge in [-0.25, -0.2) is 0 Å². The number of halogens is 1. The molecule has 2 aliphatic rings. The van der Waals surface area contributed by atoms with Gasteiger partial charge < -0.3 is 19.7 Å². The molecule has 2 aromatic carbocycles. The van der Waals surface area contributed by atoms with E-state index < -0.39 is 0 Å². The van der Waals surface area contributed by atoms with Gasteiger partial charge in [-0.15, -0.1) is 0 Å². The zero-order valence-corrected chi connectivity index (χ0v) is 13.8. The number of fused-ring (bicyclic) bond motifs is 1. The normalized spacial score (nSPS) is 19.4. The van der Waals surface area contributed by atoms with Gasteiger partial charge >= 0.3 is 0 Å². The van der Waals surface area contributed by atoms with E-state index >= 15 is 0 Å². The Labute approximate surface area is 145 Å². The lowest BCUT2D eigenvalue weighted by molar-refractivity contribution is 0.0630. The predicted octanol–water partition coefficient (Wildman–Crippen LogP) is 2.86. The first-order chi connectivity index (χ1) is 11.7. The highest BCUT2D eigenvalue weighted by molar-refractivity contribution is 6.30. The molecule has 0 aromatic heterocycles. The van der Waals surface area contributed by atoms with Crippen molar-refractivity contribution < 1.29 is 14.3 Å². The number of hydrogen-bond acceptors (Lipinski definition) is 4. The Morgan fingerprint density at radius 3 is 2.96 bits per heavy atom. The highest BCUT2D eigenvalue weighted by Crippen LogP contribution is 2.37. The Bertz CT molecular complexity index is 781. The first kappa shape index (κ1) is 15.3. The molecule has 1 saturated heterocycles. The molecule has 1 fully saturated rings.